The molecular formula is C30H33NO4. The maximum atomic E-state index is 6.30. The summed E-state index contributed by atoms with van der Waals surface area (Å²) in [7, 11) is 1.72. The summed E-state index contributed by atoms with van der Waals surface area (Å²) in [5, 5.41) is 0.999. The fraction of sp³-hybridized carbons (Fsp3) is 0.300. The van der Waals surface area contributed by atoms with Crippen LogP contribution in [0.5, 0.6) is 17.2 Å². The predicted molar refractivity (Wildman–Crippen MR) is 139 cm³/mol. The topological polar surface area (TPSA) is 49.8 Å². The van der Waals surface area contributed by atoms with Gasteiger partial charge in [0.25, 0.3) is 0 Å². The minimum atomic E-state index is -0.215. The van der Waals surface area contributed by atoms with Crippen LogP contribution in [0.2, 0.25) is 0 Å². The highest BCUT2D eigenvalue weighted by molar-refractivity contribution is 5.86. The first kappa shape index (κ1) is 24.6. The van der Waals surface area contributed by atoms with Crippen LogP contribution in [-0.4, -0.2) is 24.3 Å². The van der Waals surface area contributed by atoms with E-state index in [9.17, 15) is 0 Å². The van der Waals surface area contributed by atoms with Crippen LogP contribution < -0.4 is 14.2 Å². The molecule has 4 aromatic rings. The highest BCUT2D eigenvalue weighted by Crippen LogP contribution is 2.32. The number of fused-ring (bicyclic) bond motifs is 1. The Labute approximate surface area is 207 Å². The van der Waals surface area contributed by atoms with Crippen molar-refractivity contribution in [3.8, 4) is 17.2 Å². The number of nitrogens with zero attached hydrogens (tertiary/aromatic N) is 1. The van der Waals surface area contributed by atoms with Gasteiger partial charge in [-0.15, -0.1) is 0 Å². The summed E-state index contributed by atoms with van der Waals surface area (Å²) in [6, 6.07) is 25.9. The quantitative estimate of drug-likeness (QED) is 0.238. The zero-order chi connectivity index (χ0) is 24.7. The summed E-state index contributed by atoms with van der Waals surface area (Å²) in [5.41, 5.74) is 3.62. The fourth-order valence-corrected chi connectivity index (χ4v) is 3.70. The molecule has 0 bridgehead atoms. The number of benzene rings is 3. The Morgan fingerprint density at radius 2 is 1.49 bits per heavy atom. The summed E-state index contributed by atoms with van der Waals surface area (Å²) >= 11 is 0. The normalized spacial score (nSPS) is 11.4. The lowest BCUT2D eigenvalue weighted by Crippen LogP contribution is -2.25. The highest BCUT2D eigenvalue weighted by atomic mass is 16.5. The molecule has 0 saturated heterocycles. The lowest BCUT2D eigenvalue weighted by atomic mass is 10.1. The molecule has 0 N–H and O–H groups in total. The molecule has 0 fully saturated rings. The van der Waals surface area contributed by atoms with Crippen LogP contribution in [0.1, 0.15) is 37.1 Å². The van der Waals surface area contributed by atoms with E-state index in [0.29, 0.717) is 19.8 Å². The average molecular weight is 472 g/mol. The van der Waals surface area contributed by atoms with Crippen molar-refractivity contribution >= 4 is 10.9 Å². The van der Waals surface area contributed by atoms with Crippen LogP contribution in [0.3, 0.4) is 0 Å². The van der Waals surface area contributed by atoms with Crippen molar-refractivity contribution in [1.29, 1.82) is 0 Å². The van der Waals surface area contributed by atoms with Gasteiger partial charge in [-0.3, -0.25) is 0 Å². The van der Waals surface area contributed by atoms with Crippen LogP contribution in [0.4, 0.5) is 0 Å². The molecule has 0 amide bonds. The number of aromatic nitrogens is 1. The van der Waals surface area contributed by atoms with E-state index in [0.717, 1.165) is 51.4 Å². The minimum Gasteiger partial charge on any atom is -0.493 e. The van der Waals surface area contributed by atoms with Crippen molar-refractivity contribution in [3.63, 3.8) is 0 Å². The third-order valence-electron chi connectivity index (χ3n) is 6.11. The smallest absolute Gasteiger partial charge is 0.134 e. The van der Waals surface area contributed by atoms with Gasteiger partial charge >= 0.3 is 0 Å². The highest BCUT2D eigenvalue weighted by Gasteiger charge is 2.16. The summed E-state index contributed by atoms with van der Waals surface area (Å²) in [5.74, 6) is 2.34. The minimum absolute atomic E-state index is 0.215. The molecule has 0 saturated carbocycles. The number of hydrogen-bond donors (Lipinski definition) is 0. The number of para-hydroxylation sites is 1. The lowest BCUT2D eigenvalue weighted by Gasteiger charge is -2.22. The second-order valence-electron chi connectivity index (χ2n) is 9.13. The van der Waals surface area contributed by atoms with Gasteiger partial charge in [0.1, 0.15) is 30.5 Å². The molecule has 1 heterocycles. The van der Waals surface area contributed by atoms with E-state index in [-0.39, 0.29) is 5.60 Å². The molecule has 0 aliphatic heterocycles. The van der Waals surface area contributed by atoms with Gasteiger partial charge < -0.3 is 18.9 Å². The number of ether oxygens (including phenoxy) is 4. The first-order valence-corrected chi connectivity index (χ1v) is 11.9. The summed E-state index contributed by atoms with van der Waals surface area (Å²) in [6.45, 7) is 7.53. The molecule has 0 aliphatic carbocycles. The van der Waals surface area contributed by atoms with E-state index >= 15 is 0 Å². The predicted octanol–water partition coefficient (Wildman–Crippen LogP) is 6.90. The second-order valence-corrected chi connectivity index (χ2v) is 9.13. The average Bonchev–Trinajstić information content (AvgIpc) is 2.88. The number of rotatable bonds is 11. The van der Waals surface area contributed by atoms with Crippen LogP contribution in [0.25, 0.3) is 10.9 Å². The Morgan fingerprint density at radius 1 is 0.771 bits per heavy atom. The summed E-state index contributed by atoms with van der Waals surface area (Å²) in [6.07, 6.45) is 0.792. The summed E-state index contributed by atoms with van der Waals surface area (Å²) in [4.78, 5) is 4.86. The molecule has 5 nitrogen and oxygen atoms in total. The zero-order valence-corrected chi connectivity index (χ0v) is 20.9. The molecule has 5 heteroatoms. The second kappa shape index (κ2) is 11.2. The summed E-state index contributed by atoms with van der Waals surface area (Å²) < 4.78 is 23.8. The van der Waals surface area contributed by atoms with Gasteiger partial charge in [0.05, 0.1) is 23.4 Å². The maximum absolute atomic E-state index is 6.30. The molecule has 3 aromatic carbocycles. The van der Waals surface area contributed by atoms with Gasteiger partial charge in [0.15, 0.2) is 0 Å². The SMILES string of the molecule is COC(C)(C)CCOc1cccc(OCc2nc3ccccc3c(OCc3ccccc3)c2C)c1. The van der Waals surface area contributed by atoms with Gasteiger partial charge in [-0.1, -0.05) is 48.5 Å². The van der Waals surface area contributed by atoms with Crippen molar-refractivity contribution in [2.45, 2.75) is 46.0 Å². The molecule has 0 unspecified atom stereocenters. The van der Waals surface area contributed by atoms with E-state index in [1.807, 2.05) is 87.5 Å². The maximum Gasteiger partial charge on any atom is 0.134 e. The lowest BCUT2D eigenvalue weighted by molar-refractivity contribution is 0.00544. The van der Waals surface area contributed by atoms with E-state index in [1.54, 1.807) is 7.11 Å². The number of methoxy groups -OCH3 is 1. The van der Waals surface area contributed by atoms with Gasteiger partial charge in [-0.25, -0.2) is 4.98 Å². The van der Waals surface area contributed by atoms with Crippen molar-refractivity contribution in [3.05, 3.63) is 95.7 Å². The Balaban J connectivity index is 1.48. The Bertz CT molecular complexity index is 1250. The molecule has 1 aromatic heterocycles. The molecule has 0 radical (unpaired) electrons. The Morgan fingerprint density at radius 3 is 2.26 bits per heavy atom. The third kappa shape index (κ3) is 6.52. The monoisotopic (exact) mass is 471 g/mol. The molecule has 0 aliphatic rings. The van der Waals surface area contributed by atoms with Gasteiger partial charge in [-0.05, 0) is 50.6 Å². The van der Waals surface area contributed by atoms with Gasteiger partial charge in [0, 0.05) is 30.5 Å². The molecule has 4 rings (SSSR count). The van der Waals surface area contributed by atoms with Crippen molar-refractivity contribution in [2.24, 2.45) is 0 Å². The molecule has 0 spiro atoms. The number of hydrogen-bond acceptors (Lipinski definition) is 5. The van der Waals surface area contributed by atoms with E-state index < -0.39 is 0 Å². The molecular weight excluding hydrogens is 438 g/mol. The largest absolute Gasteiger partial charge is 0.493 e. The van der Waals surface area contributed by atoms with E-state index in [2.05, 4.69) is 12.1 Å². The standard InChI is InChI=1S/C30H33NO4/c1-22-28(21-34-25-14-10-13-24(19-25)33-18-17-30(2,3)32-4)31-27-16-9-8-15-26(27)29(22)35-20-23-11-6-5-7-12-23/h5-16,19H,17-18,20-21H2,1-4H3. The van der Waals surface area contributed by atoms with Crippen LogP contribution in [0.15, 0.2) is 78.9 Å². The van der Waals surface area contributed by atoms with Crippen LogP contribution >= 0.6 is 0 Å². The van der Waals surface area contributed by atoms with Crippen LogP contribution in [-0.2, 0) is 18.0 Å². The van der Waals surface area contributed by atoms with E-state index in [4.69, 9.17) is 23.9 Å². The van der Waals surface area contributed by atoms with Gasteiger partial charge in [0.2, 0.25) is 0 Å². The first-order valence-electron chi connectivity index (χ1n) is 11.9. The molecule has 35 heavy (non-hydrogen) atoms. The van der Waals surface area contributed by atoms with E-state index in [1.165, 1.54) is 0 Å². The Hall–Kier alpha value is -3.57. The third-order valence-corrected chi connectivity index (χ3v) is 6.11. The van der Waals surface area contributed by atoms with Crippen molar-refractivity contribution < 1.29 is 18.9 Å². The van der Waals surface area contributed by atoms with Crippen LogP contribution in [0, 0.1) is 6.92 Å². The Kier molecular flexibility index (Phi) is 7.88. The van der Waals surface area contributed by atoms with Gasteiger partial charge in [-0.2, -0.15) is 0 Å². The van der Waals surface area contributed by atoms with Crippen molar-refractivity contribution in [1.82, 2.24) is 4.98 Å². The fourth-order valence-electron chi connectivity index (χ4n) is 3.70. The zero-order valence-electron chi connectivity index (χ0n) is 20.9. The number of pyridine rings is 1. The van der Waals surface area contributed by atoms with Crippen molar-refractivity contribution in [2.75, 3.05) is 13.7 Å². The molecule has 182 valence electrons. The first-order chi connectivity index (χ1) is 16.9. The molecule has 0 atom stereocenters.